The summed E-state index contributed by atoms with van der Waals surface area (Å²) in [6, 6.07) is 12.4. The maximum absolute atomic E-state index is 17.5. The maximum atomic E-state index is 17.5. The molecule has 36 heavy (non-hydrogen) atoms. The van der Waals surface area contributed by atoms with Crippen LogP contribution in [0.3, 0.4) is 0 Å². The lowest BCUT2D eigenvalue weighted by molar-refractivity contribution is -0.367. The van der Waals surface area contributed by atoms with Crippen LogP contribution in [0.15, 0.2) is 48.5 Å². The number of rotatable bonds is 0. The molecule has 0 saturated heterocycles. The van der Waals surface area contributed by atoms with E-state index in [1.165, 1.54) is 18.2 Å². The minimum Gasteiger partial charge on any atom is -0.236 e. The van der Waals surface area contributed by atoms with E-state index in [0.717, 1.165) is 0 Å². The van der Waals surface area contributed by atoms with Crippen molar-refractivity contribution in [1.82, 2.24) is 0 Å². The Kier molecular flexibility index (Phi) is 3.42. The third kappa shape index (κ3) is 1.66. The Morgan fingerprint density at radius 3 is 1.58 bits per heavy atom. The van der Waals surface area contributed by atoms with Gasteiger partial charge < -0.3 is 0 Å². The zero-order valence-electron chi connectivity index (χ0n) is 18.4. The predicted octanol–water partition coefficient (Wildman–Crippen LogP) is 6.94. The fraction of sp³-hybridized carbons (Fsp3) is 0.357. The van der Waals surface area contributed by atoms with Gasteiger partial charge >= 0.3 is 0 Å². The van der Waals surface area contributed by atoms with Crippen molar-refractivity contribution in [1.29, 1.82) is 0 Å². The second kappa shape index (κ2) is 5.81. The summed E-state index contributed by atoms with van der Waals surface area (Å²) >= 11 is 0. The Morgan fingerprint density at radius 1 is 0.528 bits per heavy atom. The average Bonchev–Trinajstić information content (AvgIpc) is 3.44. The third-order valence-corrected chi connectivity index (χ3v) is 9.93. The van der Waals surface area contributed by atoms with Crippen LogP contribution < -0.4 is 0 Å². The summed E-state index contributed by atoms with van der Waals surface area (Å²) in [5.41, 5.74) is -16.2. The first-order chi connectivity index (χ1) is 17.1. The molecule has 0 unspecified atom stereocenters. The first kappa shape index (κ1) is 21.2. The third-order valence-electron chi connectivity index (χ3n) is 9.93. The highest BCUT2D eigenvalue weighted by Gasteiger charge is 2.98. The van der Waals surface area contributed by atoms with Gasteiger partial charge in [-0.2, -0.15) is 0 Å². The highest BCUT2D eigenvalue weighted by molar-refractivity contribution is 5.66. The Balaban J connectivity index is 1.51. The molecule has 184 valence electrons. The molecule has 3 aromatic carbocycles. The van der Waals surface area contributed by atoms with E-state index in [9.17, 15) is 8.78 Å². The molecule has 0 radical (unpaired) electrons. The fourth-order valence-electron chi connectivity index (χ4n) is 8.76. The molecule has 0 heterocycles. The minimum absolute atomic E-state index is 0.146. The van der Waals surface area contributed by atoms with Gasteiger partial charge in [-0.3, -0.25) is 0 Å². The molecule has 0 aromatic heterocycles. The number of hydrogen-bond acceptors (Lipinski definition) is 0. The average molecular weight is 504 g/mol. The second-order valence-corrected chi connectivity index (χ2v) is 10.8. The van der Waals surface area contributed by atoms with Gasteiger partial charge in [0.05, 0.1) is 0 Å². The van der Waals surface area contributed by atoms with Crippen LogP contribution in [-0.2, 0) is 24.2 Å². The van der Waals surface area contributed by atoms with Crippen molar-refractivity contribution in [2.75, 3.05) is 0 Å². The largest absolute Gasteiger partial charge is 0.236 e. The van der Waals surface area contributed by atoms with E-state index >= 15 is 26.3 Å². The van der Waals surface area contributed by atoms with Crippen LogP contribution in [0.2, 0.25) is 0 Å². The highest BCUT2D eigenvalue weighted by Crippen LogP contribution is 2.88. The van der Waals surface area contributed by atoms with Crippen LogP contribution in [0.25, 0.3) is 0 Å². The molecule has 0 bridgehead atoms. The molecular formula is C28H16F8. The van der Waals surface area contributed by atoms with Crippen molar-refractivity contribution in [2.45, 2.75) is 47.4 Å². The van der Waals surface area contributed by atoms with Crippen LogP contribution in [0, 0.1) is 35.1 Å². The van der Waals surface area contributed by atoms with Gasteiger partial charge in [-0.15, -0.1) is 0 Å². The Bertz CT molecular complexity index is 1550. The van der Waals surface area contributed by atoms with Crippen molar-refractivity contribution >= 4 is 0 Å². The lowest BCUT2D eigenvalue weighted by atomic mass is 9.31. The van der Waals surface area contributed by atoms with Gasteiger partial charge in [0.1, 0.15) is 0 Å². The van der Waals surface area contributed by atoms with Crippen molar-refractivity contribution in [2.24, 2.45) is 11.8 Å². The number of hydrogen-bond donors (Lipinski definition) is 0. The molecule has 0 spiro atoms. The van der Waals surface area contributed by atoms with Crippen LogP contribution in [-0.4, -0.2) is 11.3 Å². The molecule has 8 heteroatoms. The Labute approximate surface area is 199 Å². The van der Waals surface area contributed by atoms with Crippen molar-refractivity contribution in [3.63, 3.8) is 0 Å². The molecule has 0 N–H and O–H groups in total. The highest BCUT2D eigenvalue weighted by atomic mass is 19.2. The lowest BCUT2D eigenvalue weighted by Gasteiger charge is -2.75. The molecule has 3 aromatic rings. The topological polar surface area (TPSA) is 0 Å². The van der Waals surface area contributed by atoms with Gasteiger partial charge in [-0.05, 0) is 35.1 Å². The molecule has 5 aliphatic rings. The summed E-state index contributed by atoms with van der Waals surface area (Å²) in [5.74, 6) is -15.0. The van der Waals surface area contributed by atoms with Crippen LogP contribution in [0.1, 0.15) is 45.2 Å². The molecule has 8 atom stereocenters. The van der Waals surface area contributed by atoms with Crippen molar-refractivity contribution in [3.05, 3.63) is 105 Å². The molecular weight excluding hydrogens is 488 g/mol. The molecule has 8 rings (SSSR count). The fourth-order valence-corrected chi connectivity index (χ4v) is 8.76. The summed E-state index contributed by atoms with van der Waals surface area (Å²) in [6.45, 7) is 0. The van der Waals surface area contributed by atoms with Gasteiger partial charge in [0.25, 0.3) is 0 Å². The van der Waals surface area contributed by atoms with E-state index in [1.807, 2.05) is 0 Å². The van der Waals surface area contributed by atoms with E-state index in [1.54, 1.807) is 30.3 Å². The molecule has 0 amide bonds. The summed E-state index contributed by atoms with van der Waals surface area (Å²) in [4.78, 5) is 0. The first-order valence-corrected chi connectivity index (χ1v) is 11.8. The van der Waals surface area contributed by atoms with Gasteiger partial charge in [0, 0.05) is 34.8 Å². The van der Waals surface area contributed by atoms with Gasteiger partial charge in [-0.1, -0.05) is 48.5 Å². The number of benzene rings is 3. The molecule has 0 nitrogen and oxygen atoms in total. The first-order valence-electron chi connectivity index (χ1n) is 11.8. The number of halogens is 8. The van der Waals surface area contributed by atoms with Crippen LogP contribution in [0.5, 0.6) is 0 Å². The van der Waals surface area contributed by atoms with Crippen molar-refractivity contribution in [3.8, 4) is 0 Å². The van der Waals surface area contributed by atoms with Crippen LogP contribution >= 0.6 is 0 Å². The van der Waals surface area contributed by atoms with E-state index in [0.29, 0.717) is 11.1 Å². The van der Waals surface area contributed by atoms with E-state index < -0.39 is 80.7 Å². The summed E-state index contributed by atoms with van der Waals surface area (Å²) in [6.07, 6.45) is -0.306. The van der Waals surface area contributed by atoms with Gasteiger partial charge in [0.15, 0.2) is 45.9 Å². The van der Waals surface area contributed by atoms with E-state index in [4.69, 9.17) is 0 Å². The van der Waals surface area contributed by atoms with E-state index in [-0.39, 0.29) is 24.0 Å². The molecule has 2 fully saturated rings. The molecule has 2 saturated carbocycles. The molecule has 5 aliphatic carbocycles. The normalized spacial score (nSPS) is 42.1. The molecule has 0 aliphatic heterocycles. The zero-order chi connectivity index (χ0) is 25.2. The zero-order valence-corrected chi connectivity index (χ0v) is 18.4. The van der Waals surface area contributed by atoms with Gasteiger partial charge in [0.2, 0.25) is 0 Å². The summed E-state index contributed by atoms with van der Waals surface area (Å²) in [5, 5.41) is 0. The standard InChI is InChI=1S/C28H16F8/c29-21-19-20(22(30)24(32)23(21)31)26(34)17-13-7-3-1-6-12(13)10-16(17)27(26,35)28(36)18-14-8-4-2-5-11(14)9-15(18)25(19,28)33/h1-8,15-18H,9-10H2/t15-,16-,17+,18+,25-,26-,27-,28-/m0/s1. The van der Waals surface area contributed by atoms with E-state index in [2.05, 4.69) is 0 Å². The minimum atomic E-state index is -3.67. The van der Waals surface area contributed by atoms with Crippen molar-refractivity contribution < 1.29 is 35.1 Å². The monoisotopic (exact) mass is 504 g/mol. The number of alkyl halides is 4. The number of fused-ring (bicyclic) bond motifs is 16. The Morgan fingerprint density at radius 2 is 1.00 bits per heavy atom. The maximum Gasteiger partial charge on any atom is 0.197 e. The lowest BCUT2D eigenvalue weighted by Crippen LogP contribution is -2.88. The smallest absolute Gasteiger partial charge is 0.197 e. The Hall–Kier alpha value is -2.90. The second-order valence-electron chi connectivity index (χ2n) is 10.8. The quantitative estimate of drug-likeness (QED) is 0.135. The predicted molar refractivity (Wildman–Crippen MR) is 112 cm³/mol. The summed E-state index contributed by atoms with van der Waals surface area (Å²) in [7, 11) is 0. The van der Waals surface area contributed by atoms with Gasteiger partial charge in [-0.25, -0.2) is 35.1 Å². The summed E-state index contributed by atoms with van der Waals surface area (Å²) < 4.78 is 129. The van der Waals surface area contributed by atoms with Crippen LogP contribution in [0.4, 0.5) is 35.1 Å². The SMILES string of the molecule is Fc1c(F)c(F)c2c(c1F)[C@@]1(F)[C@@H]3c4ccccc4C[C@@H]3[C@@]1(F)[C@]1(F)[C@@H]3c4ccccc4C[C@@H]3[C@]21F.